The summed E-state index contributed by atoms with van der Waals surface area (Å²) in [7, 11) is 3.71. The number of anilines is 3. The van der Waals surface area contributed by atoms with Crippen LogP contribution in [0.2, 0.25) is 0 Å². The van der Waals surface area contributed by atoms with Crippen LogP contribution in [-0.4, -0.2) is 20.3 Å². The van der Waals surface area contributed by atoms with Crippen LogP contribution in [0.5, 0.6) is 0 Å². The molecule has 0 aliphatic carbocycles. The average Bonchev–Trinajstić information content (AvgIpc) is 2.84. The Morgan fingerprint density at radius 1 is 0.848 bits per heavy atom. The molecule has 33 heavy (non-hydrogen) atoms. The Labute approximate surface area is 191 Å². The van der Waals surface area contributed by atoms with E-state index in [0.717, 1.165) is 27.8 Å². The van der Waals surface area contributed by atoms with Crippen molar-refractivity contribution < 1.29 is 4.42 Å². The van der Waals surface area contributed by atoms with Crippen LogP contribution in [-0.2, 0) is 0 Å². The predicted molar refractivity (Wildman–Crippen MR) is 138 cm³/mol. The maximum atomic E-state index is 13.7. The van der Waals surface area contributed by atoms with E-state index in [0.29, 0.717) is 22.4 Å². The van der Waals surface area contributed by atoms with Crippen molar-refractivity contribution >= 4 is 50.9 Å². The molecule has 1 heterocycles. The Morgan fingerprint density at radius 2 is 1.58 bits per heavy atom. The summed E-state index contributed by atoms with van der Waals surface area (Å²) in [4.78, 5) is 20.2. The van der Waals surface area contributed by atoms with Crippen LogP contribution in [0.1, 0.15) is 5.56 Å². The largest absolute Gasteiger partial charge is 0.440 e. The van der Waals surface area contributed by atoms with Gasteiger partial charge in [0.1, 0.15) is 11.1 Å². The predicted octanol–water partition coefficient (Wildman–Crippen LogP) is 6.51. The van der Waals surface area contributed by atoms with Crippen LogP contribution in [0.25, 0.3) is 21.7 Å². The van der Waals surface area contributed by atoms with E-state index < -0.39 is 0 Å². The minimum Gasteiger partial charge on any atom is -0.440 e. The Kier molecular flexibility index (Phi) is 5.37. The van der Waals surface area contributed by atoms with Gasteiger partial charge in [-0.25, -0.2) is 0 Å². The van der Waals surface area contributed by atoms with Gasteiger partial charge in [-0.3, -0.25) is 9.79 Å². The normalized spacial score (nSPS) is 11.3. The highest BCUT2D eigenvalue weighted by Crippen LogP contribution is 2.30. The van der Waals surface area contributed by atoms with Gasteiger partial charge < -0.3 is 14.6 Å². The molecule has 5 heteroatoms. The van der Waals surface area contributed by atoms with Crippen molar-refractivity contribution in [2.45, 2.75) is 0 Å². The van der Waals surface area contributed by atoms with Crippen LogP contribution in [0.3, 0.4) is 0 Å². The molecule has 5 nitrogen and oxygen atoms in total. The lowest BCUT2D eigenvalue weighted by atomic mass is 10.0. The lowest BCUT2D eigenvalue weighted by Crippen LogP contribution is -2.18. The number of nitrogens with one attached hydrogen (secondary N) is 1. The topological polar surface area (TPSA) is 57.8 Å². The molecule has 0 spiro atoms. The molecule has 0 saturated heterocycles. The summed E-state index contributed by atoms with van der Waals surface area (Å²) in [6.45, 7) is 0. The van der Waals surface area contributed by atoms with Gasteiger partial charge in [0.25, 0.3) is 0 Å². The first-order chi connectivity index (χ1) is 16.1. The summed E-state index contributed by atoms with van der Waals surface area (Å²) in [5, 5.41) is 5.82. The van der Waals surface area contributed by atoms with Gasteiger partial charge in [0, 0.05) is 26.0 Å². The van der Waals surface area contributed by atoms with Crippen molar-refractivity contribution in [3.63, 3.8) is 0 Å². The van der Waals surface area contributed by atoms with Crippen LogP contribution in [0, 0.1) is 0 Å². The molecule has 4 aromatic carbocycles. The molecule has 5 aromatic rings. The van der Waals surface area contributed by atoms with Crippen LogP contribution in [0.15, 0.2) is 105 Å². The standard InChI is InChI=1S/C28H23N3O2/c1-31(2)28-22(27(32)26-21-13-7-6-10-19(21)16-17-25(26)33-28)18-29-23-14-8-9-15-24(23)30-20-11-4-3-5-12-20/h3-18,30H,1-2H3. The average molecular weight is 434 g/mol. The van der Waals surface area contributed by atoms with Crippen molar-refractivity contribution in [1.82, 2.24) is 0 Å². The zero-order valence-corrected chi connectivity index (χ0v) is 18.4. The van der Waals surface area contributed by atoms with Crippen LogP contribution in [0.4, 0.5) is 22.9 Å². The van der Waals surface area contributed by atoms with Crippen LogP contribution >= 0.6 is 0 Å². The highest BCUT2D eigenvalue weighted by molar-refractivity contribution is 6.07. The molecule has 0 radical (unpaired) electrons. The molecular weight excluding hydrogens is 410 g/mol. The van der Waals surface area contributed by atoms with E-state index in [4.69, 9.17) is 4.42 Å². The molecule has 0 amide bonds. The zero-order chi connectivity index (χ0) is 22.8. The molecular formula is C28H23N3O2. The number of aliphatic imine (C=N–C) groups is 1. The number of hydrogen-bond acceptors (Lipinski definition) is 5. The van der Waals surface area contributed by atoms with Gasteiger partial charge >= 0.3 is 0 Å². The number of para-hydroxylation sites is 3. The van der Waals surface area contributed by atoms with E-state index in [1.165, 1.54) is 0 Å². The monoisotopic (exact) mass is 433 g/mol. The molecule has 162 valence electrons. The first-order valence-electron chi connectivity index (χ1n) is 10.7. The van der Waals surface area contributed by atoms with Crippen molar-refractivity contribution in [2.75, 3.05) is 24.3 Å². The van der Waals surface area contributed by atoms with E-state index in [1.807, 2.05) is 105 Å². The number of benzene rings is 4. The first-order valence-corrected chi connectivity index (χ1v) is 10.7. The van der Waals surface area contributed by atoms with Crippen LogP contribution < -0.4 is 15.6 Å². The molecule has 0 saturated carbocycles. The fourth-order valence-corrected chi connectivity index (χ4v) is 3.91. The third-order valence-corrected chi connectivity index (χ3v) is 5.50. The van der Waals surface area contributed by atoms with E-state index in [2.05, 4.69) is 10.3 Å². The third kappa shape index (κ3) is 3.96. The Bertz CT molecular complexity index is 1540. The van der Waals surface area contributed by atoms with E-state index >= 15 is 0 Å². The fraction of sp³-hybridized carbons (Fsp3) is 0.0714. The summed E-state index contributed by atoms with van der Waals surface area (Å²) in [5.74, 6) is 0.472. The summed E-state index contributed by atoms with van der Waals surface area (Å²) in [6.07, 6.45) is 1.61. The van der Waals surface area contributed by atoms with Gasteiger partial charge in [0.15, 0.2) is 0 Å². The summed E-state index contributed by atoms with van der Waals surface area (Å²) < 4.78 is 6.18. The van der Waals surface area contributed by atoms with Gasteiger partial charge in [-0.1, -0.05) is 60.7 Å². The van der Waals surface area contributed by atoms with Crippen molar-refractivity contribution in [2.24, 2.45) is 4.99 Å². The zero-order valence-electron chi connectivity index (χ0n) is 18.4. The second-order valence-electron chi connectivity index (χ2n) is 7.97. The molecule has 0 aliphatic rings. The van der Waals surface area contributed by atoms with E-state index in [-0.39, 0.29) is 5.43 Å². The Morgan fingerprint density at radius 3 is 2.39 bits per heavy atom. The lowest BCUT2D eigenvalue weighted by Gasteiger charge is -2.15. The minimum absolute atomic E-state index is 0.103. The van der Waals surface area contributed by atoms with Gasteiger partial charge in [0.05, 0.1) is 16.8 Å². The lowest BCUT2D eigenvalue weighted by molar-refractivity contribution is 0.597. The van der Waals surface area contributed by atoms with Gasteiger partial charge in [0.2, 0.25) is 11.3 Å². The summed E-state index contributed by atoms with van der Waals surface area (Å²) >= 11 is 0. The molecule has 0 aliphatic heterocycles. The molecule has 1 N–H and O–H groups in total. The van der Waals surface area contributed by atoms with Crippen molar-refractivity contribution in [1.29, 1.82) is 0 Å². The second kappa shape index (κ2) is 8.63. The highest BCUT2D eigenvalue weighted by atomic mass is 16.4. The Hall–Kier alpha value is -4.38. The molecule has 0 bridgehead atoms. The van der Waals surface area contributed by atoms with Gasteiger partial charge in [-0.15, -0.1) is 0 Å². The molecule has 0 atom stereocenters. The highest BCUT2D eigenvalue weighted by Gasteiger charge is 2.17. The smallest absolute Gasteiger partial charge is 0.208 e. The van der Waals surface area contributed by atoms with E-state index in [9.17, 15) is 4.79 Å². The number of hydrogen-bond donors (Lipinski definition) is 1. The van der Waals surface area contributed by atoms with Gasteiger partial charge in [-0.2, -0.15) is 0 Å². The maximum Gasteiger partial charge on any atom is 0.208 e. The second-order valence-corrected chi connectivity index (χ2v) is 7.97. The molecule has 0 fully saturated rings. The SMILES string of the molecule is CN(C)c1oc2ccc3ccccc3c2c(=O)c1C=Nc1ccccc1Nc1ccccc1. The first kappa shape index (κ1) is 20.5. The summed E-state index contributed by atoms with van der Waals surface area (Å²) in [5.41, 5.74) is 3.41. The quantitative estimate of drug-likeness (QED) is 0.254. The van der Waals surface area contributed by atoms with E-state index in [1.54, 1.807) is 11.1 Å². The summed E-state index contributed by atoms with van der Waals surface area (Å²) in [6, 6.07) is 29.3. The number of nitrogens with zero attached hydrogens (tertiary/aromatic N) is 2. The Balaban J connectivity index is 1.65. The van der Waals surface area contributed by atoms with Crippen molar-refractivity contribution in [3.8, 4) is 0 Å². The fourth-order valence-electron chi connectivity index (χ4n) is 3.91. The molecule has 0 unspecified atom stereocenters. The maximum absolute atomic E-state index is 13.7. The third-order valence-electron chi connectivity index (χ3n) is 5.50. The number of fused-ring (bicyclic) bond motifs is 3. The minimum atomic E-state index is -0.103. The molecule has 1 aromatic heterocycles. The number of rotatable bonds is 5. The van der Waals surface area contributed by atoms with Crippen molar-refractivity contribution in [3.05, 3.63) is 107 Å². The molecule has 5 rings (SSSR count). The van der Waals surface area contributed by atoms with Gasteiger partial charge in [-0.05, 0) is 41.1 Å².